The van der Waals surface area contributed by atoms with Gasteiger partial charge in [-0.05, 0) is 31.7 Å². The van der Waals surface area contributed by atoms with Crippen molar-refractivity contribution in [2.24, 2.45) is 11.7 Å². The molecule has 100 valence electrons. The Bertz CT molecular complexity index is 390. The molecule has 1 aliphatic heterocycles. The monoisotopic (exact) mass is 248 g/mol. The lowest BCUT2D eigenvalue weighted by atomic mass is 9.96. The third-order valence-corrected chi connectivity index (χ3v) is 4.63. The molecule has 2 N–H and O–H groups in total. The lowest BCUT2D eigenvalue weighted by molar-refractivity contribution is 0.358. The highest BCUT2D eigenvalue weighted by Gasteiger charge is 2.26. The average Bonchev–Trinajstić information content (AvgIpc) is 2.64. The van der Waals surface area contributed by atoms with Crippen molar-refractivity contribution in [3.63, 3.8) is 0 Å². The van der Waals surface area contributed by atoms with Crippen LogP contribution in [0.4, 0.5) is 0 Å². The summed E-state index contributed by atoms with van der Waals surface area (Å²) in [5.74, 6) is 3.72. The Hall–Kier alpha value is -0.900. The normalized spacial score (nSPS) is 25.7. The molecule has 18 heavy (non-hydrogen) atoms. The summed E-state index contributed by atoms with van der Waals surface area (Å²) in [4.78, 5) is 0. The van der Waals surface area contributed by atoms with Gasteiger partial charge in [0.25, 0.3) is 0 Å². The first-order valence-electron chi connectivity index (χ1n) is 7.50. The third-order valence-electron chi connectivity index (χ3n) is 4.63. The lowest BCUT2D eigenvalue weighted by Crippen LogP contribution is -2.28. The summed E-state index contributed by atoms with van der Waals surface area (Å²) in [6, 6.07) is 0. The van der Waals surface area contributed by atoms with Crippen LogP contribution in [0, 0.1) is 5.92 Å². The van der Waals surface area contributed by atoms with Crippen LogP contribution < -0.4 is 5.73 Å². The Morgan fingerprint density at radius 1 is 1.06 bits per heavy atom. The standard InChI is InChI=1S/C14H24N4/c15-9-11-7-8-13-16-17-14(18(13)10-11)12-5-3-1-2-4-6-12/h11-12H,1-10,15H2. The Morgan fingerprint density at radius 2 is 1.83 bits per heavy atom. The van der Waals surface area contributed by atoms with E-state index in [0.717, 1.165) is 19.5 Å². The Morgan fingerprint density at radius 3 is 2.56 bits per heavy atom. The van der Waals surface area contributed by atoms with Gasteiger partial charge in [0, 0.05) is 18.9 Å². The maximum Gasteiger partial charge on any atom is 0.136 e. The smallest absolute Gasteiger partial charge is 0.136 e. The number of aromatic nitrogens is 3. The van der Waals surface area contributed by atoms with Crippen molar-refractivity contribution in [3.05, 3.63) is 11.6 Å². The molecule has 1 aliphatic carbocycles. The molecule has 4 heteroatoms. The molecule has 0 saturated heterocycles. The van der Waals surface area contributed by atoms with Crippen LogP contribution >= 0.6 is 0 Å². The van der Waals surface area contributed by atoms with Crippen molar-refractivity contribution in [3.8, 4) is 0 Å². The molecular formula is C14H24N4. The summed E-state index contributed by atoms with van der Waals surface area (Å²) >= 11 is 0. The molecule has 1 fully saturated rings. The number of hydrogen-bond donors (Lipinski definition) is 1. The second-order valence-corrected chi connectivity index (χ2v) is 5.91. The van der Waals surface area contributed by atoms with Gasteiger partial charge in [-0.15, -0.1) is 10.2 Å². The fourth-order valence-electron chi connectivity index (χ4n) is 3.45. The fraction of sp³-hybridized carbons (Fsp3) is 0.857. The van der Waals surface area contributed by atoms with E-state index in [1.807, 2.05) is 0 Å². The largest absolute Gasteiger partial charge is 0.330 e. The average molecular weight is 248 g/mol. The van der Waals surface area contributed by atoms with E-state index in [-0.39, 0.29) is 0 Å². The van der Waals surface area contributed by atoms with Crippen LogP contribution in [-0.4, -0.2) is 21.3 Å². The minimum atomic E-state index is 0.623. The molecule has 1 aromatic rings. The number of aryl methyl sites for hydroxylation is 1. The molecule has 4 nitrogen and oxygen atoms in total. The predicted molar refractivity (Wildman–Crippen MR) is 71.3 cm³/mol. The number of nitrogens with two attached hydrogens (primary N) is 1. The molecule has 1 aromatic heterocycles. The highest BCUT2D eigenvalue weighted by atomic mass is 15.3. The van der Waals surface area contributed by atoms with Crippen molar-refractivity contribution >= 4 is 0 Å². The van der Waals surface area contributed by atoms with Gasteiger partial charge in [0.15, 0.2) is 0 Å². The van der Waals surface area contributed by atoms with E-state index < -0.39 is 0 Å². The maximum atomic E-state index is 5.83. The number of fused-ring (bicyclic) bond motifs is 1. The van der Waals surface area contributed by atoms with Crippen LogP contribution in [0.25, 0.3) is 0 Å². The Balaban J connectivity index is 1.82. The van der Waals surface area contributed by atoms with Gasteiger partial charge in [0.2, 0.25) is 0 Å². The zero-order valence-corrected chi connectivity index (χ0v) is 11.1. The second-order valence-electron chi connectivity index (χ2n) is 5.91. The predicted octanol–water partition coefficient (Wildman–Crippen LogP) is 2.24. The van der Waals surface area contributed by atoms with Gasteiger partial charge in [0.1, 0.15) is 11.6 Å². The van der Waals surface area contributed by atoms with Crippen molar-refractivity contribution < 1.29 is 0 Å². The lowest BCUT2D eigenvalue weighted by Gasteiger charge is -2.25. The van der Waals surface area contributed by atoms with Crippen LogP contribution in [0.5, 0.6) is 0 Å². The molecule has 1 saturated carbocycles. The Kier molecular flexibility index (Phi) is 3.64. The summed E-state index contributed by atoms with van der Waals surface area (Å²) in [7, 11) is 0. The van der Waals surface area contributed by atoms with Crippen LogP contribution in [0.2, 0.25) is 0 Å². The number of rotatable bonds is 2. The van der Waals surface area contributed by atoms with E-state index in [0.29, 0.717) is 11.8 Å². The zero-order chi connectivity index (χ0) is 12.4. The molecule has 0 aromatic carbocycles. The summed E-state index contributed by atoms with van der Waals surface area (Å²) < 4.78 is 2.39. The molecular weight excluding hydrogens is 224 g/mol. The summed E-state index contributed by atoms with van der Waals surface area (Å²) in [5.41, 5.74) is 5.83. The summed E-state index contributed by atoms with van der Waals surface area (Å²) in [6.07, 6.45) is 10.3. The van der Waals surface area contributed by atoms with E-state index in [1.165, 1.54) is 56.6 Å². The van der Waals surface area contributed by atoms with Gasteiger partial charge in [-0.25, -0.2) is 0 Å². The quantitative estimate of drug-likeness (QED) is 0.817. The molecule has 0 radical (unpaired) electrons. The van der Waals surface area contributed by atoms with Crippen LogP contribution in [0.15, 0.2) is 0 Å². The molecule has 2 heterocycles. The van der Waals surface area contributed by atoms with Gasteiger partial charge in [-0.3, -0.25) is 0 Å². The van der Waals surface area contributed by atoms with Crippen LogP contribution in [0.1, 0.15) is 62.5 Å². The van der Waals surface area contributed by atoms with Crippen molar-refractivity contribution in [2.45, 2.75) is 63.8 Å². The molecule has 0 spiro atoms. The highest BCUT2D eigenvalue weighted by molar-refractivity contribution is 5.05. The summed E-state index contributed by atoms with van der Waals surface area (Å²) in [5, 5.41) is 8.91. The van der Waals surface area contributed by atoms with Gasteiger partial charge in [-0.1, -0.05) is 25.7 Å². The SMILES string of the molecule is NCC1CCc2nnc(C3CCCCCC3)n2C1. The highest BCUT2D eigenvalue weighted by Crippen LogP contribution is 2.32. The third kappa shape index (κ3) is 2.30. The fourth-order valence-corrected chi connectivity index (χ4v) is 3.45. The molecule has 1 unspecified atom stereocenters. The van der Waals surface area contributed by atoms with E-state index >= 15 is 0 Å². The first-order chi connectivity index (χ1) is 8.88. The molecule has 3 rings (SSSR count). The van der Waals surface area contributed by atoms with Crippen molar-refractivity contribution in [1.82, 2.24) is 14.8 Å². The van der Waals surface area contributed by atoms with Crippen molar-refractivity contribution in [2.75, 3.05) is 6.54 Å². The van der Waals surface area contributed by atoms with E-state index in [2.05, 4.69) is 14.8 Å². The maximum absolute atomic E-state index is 5.83. The molecule has 0 bridgehead atoms. The molecule has 2 aliphatic rings. The van der Waals surface area contributed by atoms with E-state index in [1.54, 1.807) is 0 Å². The molecule has 1 atom stereocenters. The minimum absolute atomic E-state index is 0.623. The molecule has 0 amide bonds. The van der Waals surface area contributed by atoms with Gasteiger partial charge in [-0.2, -0.15) is 0 Å². The van der Waals surface area contributed by atoms with Crippen LogP contribution in [0.3, 0.4) is 0 Å². The van der Waals surface area contributed by atoms with E-state index in [9.17, 15) is 0 Å². The van der Waals surface area contributed by atoms with Crippen LogP contribution in [-0.2, 0) is 13.0 Å². The van der Waals surface area contributed by atoms with E-state index in [4.69, 9.17) is 5.73 Å². The minimum Gasteiger partial charge on any atom is -0.330 e. The Labute approximate surface area is 109 Å². The first-order valence-corrected chi connectivity index (χ1v) is 7.50. The van der Waals surface area contributed by atoms with Gasteiger partial charge in [0.05, 0.1) is 0 Å². The van der Waals surface area contributed by atoms with Gasteiger partial charge < -0.3 is 10.3 Å². The number of nitrogens with zero attached hydrogens (tertiary/aromatic N) is 3. The number of hydrogen-bond acceptors (Lipinski definition) is 3. The van der Waals surface area contributed by atoms with Gasteiger partial charge >= 0.3 is 0 Å². The second kappa shape index (κ2) is 5.39. The zero-order valence-electron chi connectivity index (χ0n) is 11.1. The first kappa shape index (κ1) is 12.2. The summed E-state index contributed by atoms with van der Waals surface area (Å²) in [6.45, 7) is 1.84. The van der Waals surface area contributed by atoms with Crippen molar-refractivity contribution in [1.29, 1.82) is 0 Å². The topological polar surface area (TPSA) is 56.7 Å².